The molecule has 0 spiro atoms. The molecular weight excluding hydrogens is 1230 g/mol. The summed E-state index contributed by atoms with van der Waals surface area (Å²) in [6, 6.07) is 19.3. The second-order valence-electron chi connectivity index (χ2n) is 23.9. The Hall–Kier alpha value is -5.65. The number of nitrogens with zero attached hydrogens (tertiary/aromatic N) is 7. The molecular formula is C65H90BN7NaO14PS2. The number of ether oxygens (including phenoxy) is 4. The minimum Gasteiger partial charge on any atom is -1.00 e. The first-order valence-corrected chi connectivity index (χ1v) is 36.5. The summed E-state index contributed by atoms with van der Waals surface area (Å²) in [5, 5.41) is 11.1. The van der Waals surface area contributed by atoms with Gasteiger partial charge >= 0.3 is 68.2 Å². The quantitative estimate of drug-likeness (QED) is 0.0306. The van der Waals surface area contributed by atoms with E-state index in [2.05, 4.69) is 9.97 Å². The number of likely N-dealkylation sites (tertiary alicyclic amines) is 1. The summed E-state index contributed by atoms with van der Waals surface area (Å²) in [7, 11) is -4.12. The van der Waals surface area contributed by atoms with Crippen molar-refractivity contribution in [2.45, 2.75) is 136 Å². The summed E-state index contributed by atoms with van der Waals surface area (Å²) in [5.74, 6) is 4.68. The number of carboxylic acid groups (broad SMARTS) is 1. The molecule has 6 aromatic rings. The van der Waals surface area contributed by atoms with Gasteiger partial charge in [0.25, 0.3) is 0 Å². The zero-order valence-electron chi connectivity index (χ0n) is 54.5. The van der Waals surface area contributed by atoms with E-state index in [0.29, 0.717) is 76.0 Å². The third-order valence-electron chi connectivity index (χ3n) is 17.0. The largest absolute Gasteiger partial charge is 1.00 e. The molecule has 2 aromatic carbocycles. The van der Waals surface area contributed by atoms with Gasteiger partial charge in [-0.2, -0.15) is 0 Å². The van der Waals surface area contributed by atoms with Gasteiger partial charge in [-0.15, -0.1) is 0 Å². The molecule has 21 nitrogen and oxygen atoms in total. The van der Waals surface area contributed by atoms with E-state index in [1.165, 1.54) is 31.8 Å². The van der Waals surface area contributed by atoms with Gasteiger partial charge in [0.1, 0.15) is 54.5 Å². The van der Waals surface area contributed by atoms with Gasteiger partial charge in [0.2, 0.25) is 5.91 Å². The van der Waals surface area contributed by atoms with Crippen molar-refractivity contribution in [3.8, 4) is 23.1 Å². The van der Waals surface area contributed by atoms with Crippen LogP contribution in [-0.2, 0) is 65.9 Å². The van der Waals surface area contributed by atoms with Gasteiger partial charge in [0, 0.05) is 79.9 Å². The molecule has 2 atom stereocenters. The summed E-state index contributed by atoms with van der Waals surface area (Å²) in [6.07, 6.45) is 26.5. The first-order chi connectivity index (χ1) is 43.3. The van der Waals surface area contributed by atoms with Gasteiger partial charge in [-0.1, -0.05) is 31.4 Å². The van der Waals surface area contributed by atoms with Gasteiger partial charge < -0.3 is 39.5 Å². The molecule has 5 heterocycles. The SMILES string of the molecule is CCOC(=O)C1CCCCC1.CCOC(=O)[C@@H]1CCCN(C(=O)C2CCC(Cc3nccc(-n4ccc5c(OCCCS(C)(=O)=O)cccc54)n3)CC2)C1.CS(=O)(=O)CCCOc1cccc2c1ccn2-c1ccnc(CC2CCC(C(=O)O)CC2)n1.O=BP.[H-].[Na+]. The van der Waals surface area contributed by atoms with Crippen molar-refractivity contribution < 1.29 is 95.8 Å². The molecule has 0 radical (unpaired) electrons. The van der Waals surface area contributed by atoms with Crippen LogP contribution in [0.15, 0.2) is 85.5 Å². The smallest absolute Gasteiger partial charge is 1.00 e. The van der Waals surface area contributed by atoms with Crippen molar-refractivity contribution in [1.29, 1.82) is 0 Å². The summed E-state index contributed by atoms with van der Waals surface area (Å²) in [4.78, 5) is 68.4. The first kappa shape index (κ1) is 74.4. The fraction of sp³-hybridized carbons (Fsp3) is 0.569. The number of carboxylic acids is 1. The van der Waals surface area contributed by atoms with E-state index in [-0.39, 0.29) is 84.0 Å². The summed E-state index contributed by atoms with van der Waals surface area (Å²) in [6.45, 7) is 7.09. The number of hydrogen-bond acceptors (Lipinski definition) is 17. The normalized spacial score (nSPS) is 19.3. The number of rotatable bonds is 22. The van der Waals surface area contributed by atoms with Crippen LogP contribution in [0.3, 0.4) is 0 Å². The molecule has 10 rings (SSSR count). The monoisotopic (exact) mass is 1320 g/mol. The van der Waals surface area contributed by atoms with Gasteiger partial charge in [-0.25, -0.2) is 36.8 Å². The fourth-order valence-corrected chi connectivity index (χ4v) is 13.7. The van der Waals surface area contributed by atoms with Crippen LogP contribution in [0.25, 0.3) is 33.4 Å². The molecule has 3 saturated carbocycles. The second kappa shape index (κ2) is 37.3. The third kappa shape index (κ3) is 23.4. The number of aromatic nitrogens is 6. The molecule has 4 aromatic heterocycles. The van der Waals surface area contributed by atoms with Crippen LogP contribution in [0.4, 0.5) is 0 Å². The van der Waals surface area contributed by atoms with Crippen LogP contribution >= 0.6 is 9.12 Å². The predicted octanol–water partition coefficient (Wildman–Crippen LogP) is 7.12. The number of hydrogen-bond donors (Lipinski definition) is 1. The summed E-state index contributed by atoms with van der Waals surface area (Å²) < 4.78 is 80.2. The van der Waals surface area contributed by atoms with Crippen molar-refractivity contribution in [2.75, 3.05) is 63.5 Å². The van der Waals surface area contributed by atoms with E-state index in [4.69, 9.17) is 33.6 Å². The number of carbonyl (C=O) groups excluding carboxylic acids is 3. The van der Waals surface area contributed by atoms with Crippen LogP contribution in [0.5, 0.6) is 11.5 Å². The zero-order valence-corrected chi connectivity index (χ0v) is 58.3. The van der Waals surface area contributed by atoms with E-state index in [9.17, 15) is 41.1 Å². The molecule has 1 N–H and O–H groups in total. The van der Waals surface area contributed by atoms with Crippen molar-refractivity contribution in [1.82, 2.24) is 34.0 Å². The molecule has 1 amide bonds. The van der Waals surface area contributed by atoms with Crippen LogP contribution in [0.2, 0.25) is 0 Å². The number of carbonyl (C=O) groups is 4. The molecule has 4 aliphatic rings. The van der Waals surface area contributed by atoms with E-state index < -0.39 is 25.6 Å². The van der Waals surface area contributed by atoms with Gasteiger partial charge in [0.05, 0.1) is 66.7 Å². The Morgan fingerprint density at radius 2 is 1.04 bits per heavy atom. The molecule has 4 fully saturated rings. The maximum atomic E-state index is 13.3. The number of esters is 2. The van der Waals surface area contributed by atoms with Crippen LogP contribution in [-0.4, -0.2) is 150 Å². The topological polar surface area (TPSA) is 275 Å². The number of aliphatic carboxylic acids is 1. The Morgan fingerprint density at radius 1 is 0.604 bits per heavy atom. The van der Waals surface area contributed by atoms with Crippen molar-refractivity contribution in [2.24, 2.45) is 35.5 Å². The van der Waals surface area contributed by atoms with Crippen LogP contribution in [0.1, 0.15) is 136 Å². The molecule has 1 aliphatic heterocycles. The molecule has 3 aliphatic carbocycles. The summed E-state index contributed by atoms with van der Waals surface area (Å²) >= 11 is 0. The van der Waals surface area contributed by atoms with Gasteiger partial charge in [-0.3, -0.25) is 19.2 Å². The Kier molecular flexibility index (Phi) is 30.5. The molecule has 490 valence electrons. The van der Waals surface area contributed by atoms with E-state index in [1.54, 1.807) is 12.4 Å². The average Bonchev–Trinajstić information content (AvgIpc) is 1.70. The number of amides is 1. The average molecular weight is 1320 g/mol. The Balaban J connectivity index is 0.000000276. The summed E-state index contributed by atoms with van der Waals surface area (Å²) in [5.41, 5.74) is 1.90. The molecule has 0 bridgehead atoms. The maximum absolute atomic E-state index is 13.3. The number of fused-ring (bicyclic) bond motifs is 2. The fourth-order valence-electron chi connectivity index (χ4n) is 12.4. The van der Waals surface area contributed by atoms with Crippen molar-refractivity contribution >= 4 is 81.3 Å². The second-order valence-corrected chi connectivity index (χ2v) is 28.6. The van der Waals surface area contributed by atoms with E-state index >= 15 is 0 Å². The minimum absolute atomic E-state index is 0. The van der Waals surface area contributed by atoms with E-state index in [1.807, 2.05) is 110 Å². The predicted molar refractivity (Wildman–Crippen MR) is 350 cm³/mol. The molecule has 91 heavy (non-hydrogen) atoms. The van der Waals surface area contributed by atoms with Crippen molar-refractivity contribution in [3.05, 3.63) is 97.1 Å². The molecule has 26 heteroatoms. The van der Waals surface area contributed by atoms with Crippen LogP contribution < -0.4 is 39.0 Å². The third-order valence-corrected chi connectivity index (χ3v) is 19.1. The number of piperidine rings is 1. The molecule has 1 unspecified atom stereocenters. The minimum atomic E-state index is -3.01. The zero-order chi connectivity index (χ0) is 64.6. The molecule has 1 saturated heterocycles. The Bertz CT molecular complexity index is 3560. The first-order valence-electron chi connectivity index (χ1n) is 31.7. The standard InChI is InChI=1S/C32H42N4O6S.C24H29N3O5S.C9H16O2.BH2OP.Na.H/c1-3-41-32(38)25-7-5-17-35(22-25)31(37)24-12-10-23(11-13-24)21-29-33-16-14-30(34-29)36-18-15-26-27(36)8-4-9-28(26)42-19-6-20-43(2,39)40;1-33(30,31)15-3-14-32-21-5-2-4-20-19(21)11-13-27(20)23-10-12-25-22(26-23)16-17-6-8-18(9-7-17)24(28)29;1-2-11-9(10)8-6-4-3-5-7-8;2-1-3;;/h4,8-9,14-16,18,23-25H,3,5-7,10-13,17,19-22H2,1-2H3;2,4-5,10-13,17-18H,3,6-9,14-16H2,1H3,(H,28,29);8H,2-7H2,1H3;3H2;;/q;;;;+1;-1/t23?,24?,25-;;;;;/m1...../s1. The van der Waals surface area contributed by atoms with Crippen LogP contribution in [0, 0.1) is 35.5 Å². The van der Waals surface area contributed by atoms with Gasteiger partial charge in [0.15, 0.2) is 0 Å². The Morgan fingerprint density at radius 3 is 1.48 bits per heavy atom. The van der Waals surface area contributed by atoms with Crippen molar-refractivity contribution in [3.63, 3.8) is 0 Å². The Labute approximate surface area is 562 Å². The number of sulfone groups is 2. The van der Waals surface area contributed by atoms with Gasteiger partial charge in [-0.05, 0) is 164 Å². The van der Waals surface area contributed by atoms with E-state index in [0.717, 1.165) is 142 Å². The maximum Gasteiger partial charge on any atom is 1.00 e. The number of benzene rings is 2.